The van der Waals surface area contributed by atoms with Crippen LogP contribution >= 0.6 is 11.8 Å². The number of sulfonamides is 1. The fraction of sp³-hybridized carbons (Fsp3) is 0.440. The van der Waals surface area contributed by atoms with Crippen molar-refractivity contribution in [1.82, 2.24) is 9.80 Å². The standard InChI is InChI=1S/C25H31N3O5S2/c1-34-23-11-10-19(18-21(23)25(30)27-12-6-2-3-7-13-27)35(31,32)26-22-9-5-4-8-20(22)24(29)28-14-16-33-17-15-28/h4-5,8-11,18,26H,2-3,6-7,12-17H2,1H3. The second-order valence-corrected chi connectivity index (χ2v) is 11.2. The van der Waals surface area contributed by atoms with Crippen LogP contribution in [0.5, 0.6) is 0 Å². The molecule has 0 aliphatic carbocycles. The minimum Gasteiger partial charge on any atom is -0.378 e. The third-order valence-electron chi connectivity index (χ3n) is 6.31. The fourth-order valence-corrected chi connectivity index (χ4v) is 6.04. The van der Waals surface area contributed by atoms with Crippen molar-refractivity contribution in [2.24, 2.45) is 0 Å². The number of benzene rings is 2. The normalized spacial score (nSPS) is 17.1. The van der Waals surface area contributed by atoms with E-state index >= 15 is 0 Å². The summed E-state index contributed by atoms with van der Waals surface area (Å²) in [5.41, 5.74) is 0.873. The molecule has 2 aromatic rings. The van der Waals surface area contributed by atoms with E-state index in [2.05, 4.69) is 4.72 Å². The lowest BCUT2D eigenvalue weighted by Gasteiger charge is -2.27. The van der Waals surface area contributed by atoms with E-state index in [9.17, 15) is 18.0 Å². The number of carbonyl (C=O) groups is 2. The minimum atomic E-state index is -4.04. The highest BCUT2D eigenvalue weighted by molar-refractivity contribution is 7.98. The summed E-state index contributed by atoms with van der Waals surface area (Å²) in [6.07, 6.45) is 5.97. The van der Waals surface area contributed by atoms with Gasteiger partial charge in [0.25, 0.3) is 21.8 Å². The predicted octanol–water partition coefficient (Wildman–Crippen LogP) is 3.70. The van der Waals surface area contributed by atoms with E-state index in [0.29, 0.717) is 45.0 Å². The van der Waals surface area contributed by atoms with Gasteiger partial charge in [-0.2, -0.15) is 0 Å². The average molecular weight is 518 g/mol. The van der Waals surface area contributed by atoms with Crippen LogP contribution in [0.3, 0.4) is 0 Å². The Morgan fingerprint density at radius 2 is 1.49 bits per heavy atom. The molecule has 2 amide bonds. The Labute approximate surface area is 211 Å². The van der Waals surface area contributed by atoms with Crippen molar-refractivity contribution in [1.29, 1.82) is 0 Å². The molecule has 2 saturated heterocycles. The third-order valence-corrected chi connectivity index (χ3v) is 8.46. The summed E-state index contributed by atoms with van der Waals surface area (Å²) in [7, 11) is -4.04. The van der Waals surface area contributed by atoms with Gasteiger partial charge in [0.05, 0.1) is 34.9 Å². The van der Waals surface area contributed by atoms with Crippen molar-refractivity contribution >= 4 is 39.3 Å². The Bertz CT molecular complexity index is 1170. The molecule has 2 fully saturated rings. The molecule has 2 heterocycles. The maximum absolute atomic E-state index is 13.4. The van der Waals surface area contributed by atoms with Crippen molar-refractivity contribution in [3.63, 3.8) is 0 Å². The highest BCUT2D eigenvalue weighted by Gasteiger charge is 2.26. The highest BCUT2D eigenvalue weighted by atomic mass is 32.2. The van der Waals surface area contributed by atoms with Crippen LogP contribution in [-0.2, 0) is 14.8 Å². The van der Waals surface area contributed by atoms with E-state index in [1.165, 1.54) is 23.9 Å². The number of rotatable bonds is 6. The van der Waals surface area contributed by atoms with Crippen molar-refractivity contribution in [2.45, 2.75) is 35.5 Å². The van der Waals surface area contributed by atoms with Crippen LogP contribution in [0, 0.1) is 0 Å². The van der Waals surface area contributed by atoms with Gasteiger partial charge in [-0.1, -0.05) is 25.0 Å². The van der Waals surface area contributed by atoms with Crippen LogP contribution < -0.4 is 4.72 Å². The summed E-state index contributed by atoms with van der Waals surface area (Å²) in [5.74, 6) is -0.391. The van der Waals surface area contributed by atoms with Crippen molar-refractivity contribution in [2.75, 3.05) is 50.4 Å². The van der Waals surface area contributed by atoms with Gasteiger partial charge in [-0.05, 0) is 49.4 Å². The lowest BCUT2D eigenvalue weighted by Crippen LogP contribution is -2.41. The van der Waals surface area contributed by atoms with Gasteiger partial charge in [-0.3, -0.25) is 14.3 Å². The zero-order valence-corrected chi connectivity index (χ0v) is 21.5. The average Bonchev–Trinajstić information content (AvgIpc) is 3.18. The highest BCUT2D eigenvalue weighted by Crippen LogP contribution is 2.28. The van der Waals surface area contributed by atoms with Crippen LogP contribution in [0.2, 0.25) is 0 Å². The summed E-state index contributed by atoms with van der Waals surface area (Å²) < 4.78 is 34.6. The topological polar surface area (TPSA) is 96.0 Å². The lowest BCUT2D eigenvalue weighted by atomic mass is 10.1. The van der Waals surface area contributed by atoms with E-state index in [4.69, 9.17) is 4.74 Å². The molecule has 2 aromatic carbocycles. The number of ether oxygens (including phenoxy) is 1. The smallest absolute Gasteiger partial charge is 0.261 e. The second-order valence-electron chi connectivity index (χ2n) is 8.62. The number of likely N-dealkylation sites (tertiary alicyclic amines) is 1. The lowest BCUT2D eigenvalue weighted by molar-refractivity contribution is 0.0303. The summed E-state index contributed by atoms with van der Waals surface area (Å²) in [4.78, 5) is 30.6. The SMILES string of the molecule is CSc1ccc(S(=O)(=O)Nc2ccccc2C(=O)N2CCOCC2)cc1C(=O)N1CCCCCC1. The van der Waals surface area contributed by atoms with Crippen LogP contribution in [0.4, 0.5) is 5.69 Å². The van der Waals surface area contributed by atoms with Crippen LogP contribution in [0.15, 0.2) is 52.3 Å². The molecule has 188 valence electrons. The first kappa shape index (κ1) is 25.5. The van der Waals surface area contributed by atoms with Crippen molar-refractivity contribution in [3.8, 4) is 0 Å². The van der Waals surface area contributed by atoms with Gasteiger partial charge < -0.3 is 14.5 Å². The molecule has 4 rings (SSSR count). The van der Waals surface area contributed by atoms with Gasteiger partial charge >= 0.3 is 0 Å². The Hall–Kier alpha value is -2.56. The van der Waals surface area contributed by atoms with Crippen LogP contribution in [0.1, 0.15) is 46.4 Å². The van der Waals surface area contributed by atoms with Gasteiger partial charge in [-0.15, -0.1) is 11.8 Å². The van der Waals surface area contributed by atoms with Crippen molar-refractivity contribution in [3.05, 3.63) is 53.6 Å². The Kier molecular flexibility index (Phi) is 8.35. The summed E-state index contributed by atoms with van der Waals surface area (Å²) in [6, 6.07) is 11.2. The Balaban J connectivity index is 1.61. The zero-order chi connectivity index (χ0) is 24.8. The molecule has 0 unspecified atom stereocenters. The van der Waals surface area contributed by atoms with Gasteiger partial charge in [-0.25, -0.2) is 8.42 Å². The number of anilines is 1. The molecule has 0 bridgehead atoms. The molecule has 2 aliphatic rings. The van der Waals surface area contributed by atoms with E-state index in [0.717, 1.165) is 30.6 Å². The second kappa shape index (κ2) is 11.5. The maximum atomic E-state index is 13.4. The quantitative estimate of drug-likeness (QED) is 0.587. The molecule has 8 nitrogen and oxygen atoms in total. The first-order valence-corrected chi connectivity index (χ1v) is 14.6. The molecular formula is C25H31N3O5S2. The number of amides is 2. The molecule has 0 aromatic heterocycles. The number of hydrogen-bond acceptors (Lipinski definition) is 6. The van der Waals surface area contributed by atoms with E-state index < -0.39 is 10.0 Å². The van der Waals surface area contributed by atoms with Gasteiger partial charge in [0.15, 0.2) is 0 Å². The first-order chi connectivity index (χ1) is 16.9. The molecule has 10 heteroatoms. The molecule has 0 radical (unpaired) electrons. The minimum absolute atomic E-state index is 0.0119. The number of hydrogen-bond donors (Lipinski definition) is 1. The van der Waals surface area contributed by atoms with E-state index in [1.54, 1.807) is 35.2 Å². The number of thioether (sulfide) groups is 1. The Morgan fingerprint density at radius 3 is 2.17 bits per heavy atom. The largest absolute Gasteiger partial charge is 0.378 e. The number of nitrogens with zero attached hydrogens (tertiary/aromatic N) is 2. The maximum Gasteiger partial charge on any atom is 0.261 e. The zero-order valence-electron chi connectivity index (χ0n) is 19.9. The molecular weight excluding hydrogens is 486 g/mol. The Morgan fingerprint density at radius 1 is 0.857 bits per heavy atom. The number of para-hydroxylation sites is 1. The number of carbonyl (C=O) groups excluding carboxylic acids is 2. The number of morpholine rings is 1. The van der Waals surface area contributed by atoms with Gasteiger partial charge in [0.1, 0.15) is 0 Å². The van der Waals surface area contributed by atoms with Gasteiger partial charge in [0, 0.05) is 31.1 Å². The molecule has 2 aliphatic heterocycles. The molecule has 1 N–H and O–H groups in total. The van der Waals surface area contributed by atoms with Gasteiger partial charge in [0.2, 0.25) is 0 Å². The van der Waals surface area contributed by atoms with E-state index in [-0.39, 0.29) is 28.0 Å². The molecule has 0 atom stereocenters. The number of nitrogens with one attached hydrogen (secondary N) is 1. The first-order valence-electron chi connectivity index (χ1n) is 11.9. The third kappa shape index (κ3) is 5.99. The monoisotopic (exact) mass is 517 g/mol. The summed E-state index contributed by atoms with van der Waals surface area (Å²) in [6.45, 7) is 3.18. The molecule has 35 heavy (non-hydrogen) atoms. The van der Waals surface area contributed by atoms with E-state index in [1.807, 2.05) is 11.2 Å². The van der Waals surface area contributed by atoms with Crippen LogP contribution in [0.25, 0.3) is 0 Å². The predicted molar refractivity (Wildman–Crippen MR) is 137 cm³/mol. The van der Waals surface area contributed by atoms with Crippen LogP contribution in [-0.4, -0.2) is 75.7 Å². The fourth-order valence-electron chi connectivity index (χ4n) is 4.36. The summed E-state index contributed by atoms with van der Waals surface area (Å²) >= 11 is 1.42. The molecule has 0 spiro atoms. The molecule has 0 saturated carbocycles. The van der Waals surface area contributed by atoms with Crippen molar-refractivity contribution < 1.29 is 22.7 Å². The summed E-state index contributed by atoms with van der Waals surface area (Å²) in [5, 5.41) is 0.